The minimum absolute atomic E-state index is 0.0169. The number of hydrogen-bond donors (Lipinski definition) is 1. The van der Waals surface area contributed by atoms with Crippen LogP contribution in [0.1, 0.15) is 73.3 Å². The first-order chi connectivity index (χ1) is 18.9. The Morgan fingerprint density at radius 3 is 2.46 bits per heavy atom. The van der Waals surface area contributed by atoms with Crippen molar-refractivity contribution in [3.63, 3.8) is 0 Å². The molecule has 2 heterocycles. The van der Waals surface area contributed by atoms with Crippen molar-refractivity contribution >= 4 is 11.6 Å². The molecular formula is C31H34F2N2O4. The van der Waals surface area contributed by atoms with Gasteiger partial charge >= 0.3 is 0 Å². The maximum absolute atomic E-state index is 14.2. The zero-order valence-corrected chi connectivity index (χ0v) is 22.0. The van der Waals surface area contributed by atoms with Gasteiger partial charge in [0.15, 0.2) is 11.5 Å². The Morgan fingerprint density at radius 1 is 1.03 bits per heavy atom. The molecule has 2 aliphatic rings. The third kappa shape index (κ3) is 6.34. The molecule has 1 atom stereocenters. The summed E-state index contributed by atoms with van der Waals surface area (Å²) < 4.78 is 32.8. The molecule has 1 aliphatic heterocycles. The lowest BCUT2D eigenvalue weighted by molar-refractivity contribution is -0.127. The molecule has 6 nitrogen and oxygen atoms in total. The number of nitrogens with zero attached hydrogens (tertiary/aromatic N) is 2. The average Bonchev–Trinajstić information content (AvgIpc) is 3.41. The Hall–Kier alpha value is -3.23. The Labute approximate surface area is 227 Å². The Morgan fingerprint density at radius 2 is 1.77 bits per heavy atom. The smallest absolute Gasteiger partial charge is 0.185 e. The first-order valence-electron chi connectivity index (χ1n) is 13.7. The first kappa shape index (κ1) is 27.3. The highest BCUT2D eigenvalue weighted by molar-refractivity contribution is 5.96. The van der Waals surface area contributed by atoms with Crippen LogP contribution in [0.25, 0.3) is 11.3 Å². The quantitative estimate of drug-likeness (QED) is 0.305. The van der Waals surface area contributed by atoms with Gasteiger partial charge in [-0.1, -0.05) is 54.8 Å². The Bertz CT molecular complexity index is 1300. The number of benzene rings is 2. The fourth-order valence-electron chi connectivity index (χ4n) is 6.24. The predicted molar refractivity (Wildman–Crippen MR) is 142 cm³/mol. The van der Waals surface area contributed by atoms with Gasteiger partial charge in [0.25, 0.3) is 0 Å². The lowest BCUT2D eigenvalue weighted by Gasteiger charge is -2.54. The van der Waals surface area contributed by atoms with Crippen LogP contribution in [-0.2, 0) is 4.79 Å². The second kappa shape index (κ2) is 11.9. The number of Topliss-reactive ketones (excluding diaryl/α,β-unsaturated/α-hetero) is 2. The summed E-state index contributed by atoms with van der Waals surface area (Å²) in [6.07, 6.45) is 6.47. The normalized spacial score (nSPS) is 18.4. The third-order valence-corrected chi connectivity index (χ3v) is 8.23. The fraction of sp³-hybridized carbons (Fsp3) is 0.452. The van der Waals surface area contributed by atoms with Crippen LogP contribution in [0.5, 0.6) is 0 Å². The lowest BCUT2D eigenvalue weighted by Crippen LogP contribution is -2.61. The summed E-state index contributed by atoms with van der Waals surface area (Å²) in [5.74, 6) is -2.00. The molecular weight excluding hydrogens is 502 g/mol. The van der Waals surface area contributed by atoms with Crippen molar-refractivity contribution in [3.05, 3.63) is 77.5 Å². The van der Waals surface area contributed by atoms with Crippen molar-refractivity contribution in [2.75, 3.05) is 19.7 Å². The van der Waals surface area contributed by atoms with Crippen molar-refractivity contribution < 1.29 is 28.0 Å². The second-order valence-electron chi connectivity index (χ2n) is 11.2. The molecule has 2 fully saturated rings. The molecule has 1 N–H and O–H groups in total. The SMILES string of the molecule is O=C(C[C@@H](CO)c1ccccc1)CC1(CC(=O)c2cc(-c3ccc(F)cc3F)on2)CN(C2CCCCC2)C1. The van der Waals surface area contributed by atoms with E-state index in [0.29, 0.717) is 19.1 Å². The molecule has 0 radical (unpaired) electrons. The molecule has 5 rings (SSSR count). The number of aromatic nitrogens is 1. The monoisotopic (exact) mass is 536 g/mol. The Balaban J connectivity index is 1.30. The third-order valence-electron chi connectivity index (χ3n) is 8.23. The molecule has 1 saturated carbocycles. The van der Waals surface area contributed by atoms with Crippen molar-refractivity contribution in [1.82, 2.24) is 10.1 Å². The molecule has 0 spiro atoms. The van der Waals surface area contributed by atoms with Gasteiger partial charge in [-0.15, -0.1) is 0 Å². The summed E-state index contributed by atoms with van der Waals surface area (Å²) in [5, 5.41) is 13.8. The van der Waals surface area contributed by atoms with Crippen LogP contribution < -0.4 is 0 Å². The molecule has 1 saturated heterocycles. The van der Waals surface area contributed by atoms with E-state index < -0.39 is 17.0 Å². The van der Waals surface area contributed by atoms with Crippen LogP contribution in [-0.4, -0.2) is 52.5 Å². The standard InChI is InChI=1S/C31H34F2N2O4/c32-23-11-12-26(27(33)14-23)30-15-28(34-39-30)29(38)17-31(19-35(20-31)24-9-5-2-6-10-24)16-25(37)13-22(18-36)21-7-3-1-4-8-21/h1,3-4,7-8,11-12,14-15,22,24,36H,2,5-6,9-10,13,16-20H2/t22-/m0/s1. The van der Waals surface area contributed by atoms with Gasteiger partial charge in [-0.05, 0) is 30.5 Å². The number of carbonyl (C=O) groups is 2. The highest BCUT2D eigenvalue weighted by Crippen LogP contribution is 2.43. The summed E-state index contributed by atoms with van der Waals surface area (Å²) in [6, 6.07) is 14.5. The average molecular weight is 537 g/mol. The Kier molecular flexibility index (Phi) is 8.33. The number of ketones is 2. The van der Waals surface area contributed by atoms with Gasteiger partial charge < -0.3 is 9.63 Å². The molecule has 0 bridgehead atoms. The summed E-state index contributed by atoms with van der Waals surface area (Å²) in [4.78, 5) is 29.0. The van der Waals surface area contributed by atoms with Gasteiger partial charge in [-0.2, -0.15) is 0 Å². The van der Waals surface area contributed by atoms with Crippen LogP contribution in [0.15, 0.2) is 59.1 Å². The van der Waals surface area contributed by atoms with E-state index in [2.05, 4.69) is 10.1 Å². The van der Waals surface area contributed by atoms with Gasteiger partial charge in [0.1, 0.15) is 23.1 Å². The maximum Gasteiger partial charge on any atom is 0.185 e. The van der Waals surface area contributed by atoms with E-state index in [9.17, 15) is 23.5 Å². The number of likely N-dealkylation sites (tertiary alicyclic amines) is 1. The molecule has 8 heteroatoms. The molecule has 206 valence electrons. The number of rotatable bonds is 11. The molecule has 2 aromatic carbocycles. The van der Waals surface area contributed by atoms with Crippen molar-refractivity contribution in [3.8, 4) is 11.3 Å². The zero-order chi connectivity index (χ0) is 27.4. The van der Waals surface area contributed by atoms with Crippen molar-refractivity contribution in [2.45, 2.75) is 63.3 Å². The van der Waals surface area contributed by atoms with Gasteiger partial charge in [0.05, 0.1) is 12.2 Å². The van der Waals surface area contributed by atoms with Crippen LogP contribution in [0.2, 0.25) is 0 Å². The van der Waals surface area contributed by atoms with Crippen LogP contribution in [0.3, 0.4) is 0 Å². The van der Waals surface area contributed by atoms with Crippen LogP contribution in [0, 0.1) is 17.0 Å². The molecule has 1 aromatic heterocycles. The summed E-state index contributed by atoms with van der Waals surface area (Å²) in [6.45, 7) is 1.18. The van der Waals surface area contributed by atoms with Crippen molar-refractivity contribution in [1.29, 1.82) is 0 Å². The number of halogens is 2. The minimum Gasteiger partial charge on any atom is -0.396 e. The van der Waals surface area contributed by atoms with E-state index >= 15 is 0 Å². The molecule has 3 aromatic rings. The predicted octanol–water partition coefficient (Wildman–Crippen LogP) is 5.95. The molecule has 0 unspecified atom stereocenters. The van der Waals surface area contributed by atoms with Gasteiger partial charge in [-0.3, -0.25) is 14.5 Å². The number of aliphatic hydroxyl groups is 1. The largest absolute Gasteiger partial charge is 0.396 e. The second-order valence-corrected chi connectivity index (χ2v) is 11.2. The highest BCUT2D eigenvalue weighted by atomic mass is 19.1. The number of aliphatic hydroxyl groups excluding tert-OH is 1. The van der Waals surface area contributed by atoms with Crippen molar-refractivity contribution in [2.24, 2.45) is 5.41 Å². The van der Waals surface area contributed by atoms with E-state index in [4.69, 9.17) is 4.52 Å². The maximum atomic E-state index is 14.2. The molecule has 0 amide bonds. The lowest BCUT2D eigenvalue weighted by atomic mass is 9.69. The van der Waals surface area contributed by atoms with Gasteiger partial charge in [-0.25, -0.2) is 8.78 Å². The van der Waals surface area contributed by atoms with E-state index in [1.54, 1.807) is 0 Å². The van der Waals surface area contributed by atoms with Crippen LogP contribution in [0.4, 0.5) is 8.78 Å². The summed E-state index contributed by atoms with van der Waals surface area (Å²) in [5.41, 5.74) is 0.479. The zero-order valence-electron chi connectivity index (χ0n) is 22.0. The summed E-state index contributed by atoms with van der Waals surface area (Å²) >= 11 is 0. The topological polar surface area (TPSA) is 83.6 Å². The number of carbonyl (C=O) groups excluding carboxylic acids is 2. The molecule has 39 heavy (non-hydrogen) atoms. The van der Waals surface area contributed by atoms with E-state index in [1.165, 1.54) is 31.4 Å². The fourth-order valence-corrected chi connectivity index (χ4v) is 6.24. The van der Waals surface area contributed by atoms with Gasteiger partial charge in [0, 0.05) is 61.9 Å². The van der Waals surface area contributed by atoms with Crippen LogP contribution >= 0.6 is 0 Å². The molecule has 1 aliphatic carbocycles. The summed E-state index contributed by atoms with van der Waals surface area (Å²) in [7, 11) is 0. The highest BCUT2D eigenvalue weighted by Gasteiger charge is 2.48. The van der Waals surface area contributed by atoms with E-state index in [0.717, 1.165) is 30.5 Å². The van der Waals surface area contributed by atoms with E-state index in [1.807, 2.05) is 30.3 Å². The van der Waals surface area contributed by atoms with Gasteiger partial charge in [0.2, 0.25) is 0 Å². The first-order valence-corrected chi connectivity index (χ1v) is 13.7. The minimum atomic E-state index is -0.800. The van der Waals surface area contributed by atoms with E-state index in [-0.39, 0.29) is 60.4 Å². The number of hydrogen-bond acceptors (Lipinski definition) is 6.